The Morgan fingerprint density at radius 3 is 2.80 bits per heavy atom. The van der Waals surface area contributed by atoms with Gasteiger partial charge < -0.3 is 10.1 Å². The Morgan fingerprint density at radius 1 is 1.24 bits per heavy atom. The molecule has 6 heteroatoms. The molecular formula is C19H19N3O2S. The van der Waals surface area contributed by atoms with Crippen molar-refractivity contribution < 1.29 is 9.53 Å². The first-order valence-corrected chi connectivity index (χ1v) is 8.92. The fourth-order valence-corrected chi connectivity index (χ4v) is 3.07. The van der Waals surface area contributed by atoms with Gasteiger partial charge >= 0.3 is 0 Å². The number of hydrogen-bond donors (Lipinski definition) is 1. The second-order valence-corrected chi connectivity index (χ2v) is 6.38. The molecule has 0 bridgehead atoms. The predicted octanol–water partition coefficient (Wildman–Crippen LogP) is 3.84. The van der Waals surface area contributed by atoms with E-state index in [-0.39, 0.29) is 5.91 Å². The first-order valence-electron chi connectivity index (χ1n) is 8.04. The number of carbonyl (C=O) groups is 1. The second kappa shape index (κ2) is 7.90. The molecule has 0 aliphatic carbocycles. The minimum Gasteiger partial charge on any atom is -0.478 e. The second-order valence-electron chi connectivity index (χ2n) is 5.52. The van der Waals surface area contributed by atoms with Crippen LogP contribution in [0.15, 0.2) is 48.0 Å². The molecule has 0 aliphatic heterocycles. The molecular weight excluding hydrogens is 334 g/mol. The Morgan fingerprint density at radius 2 is 2.04 bits per heavy atom. The lowest BCUT2D eigenvalue weighted by Crippen LogP contribution is -2.23. The van der Waals surface area contributed by atoms with Crippen LogP contribution in [0, 0.1) is 6.92 Å². The van der Waals surface area contributed by atoms with E-state index in [1.807, 2.05) is 50.2 Å². The molecule has 0 saturated heterocycles. The van der Waals surface area contributed by atoms with Crippen LogP contribution >= 0.6 is 11.3 Å². The van der Waals surface area contributed by atoms with Crippen LogP contribution in [0.5, 0.6) is 5.88 Å². The molecule has 3 rings (SSSR count). The average Bonchev–Trinajstić information content (AvgIpc) is 3.11. The number of benzene rings is 1. The van der Waals surface area contributed by atoms with Gasteiger partial charge in [-0.15, -0.1) is 11.3 Å². The molecule has 25 heavy (non-hydrogen) atoms. The van der Waals surface area contributed by atoms with E-state index in [2.05, 4.69) is 15.3 Å². The van der Waals surface area contributed by atoms with Crippen molar-refractivity contribution in [3.8, 4) is 16.5 Å². The van der Waals surface area contributed by atoms with E-state index in [9.17, 15) is 4.79 Å². The average molecular weight is 353 g/mol. The third-order valence-electron chi connectivity index (χ3n) is 3.58. The summed E-state index contributed by atoms with van der Waals surface area (Å²) in [5, 5.41) is 5.50. The van der Waals surface area contributed by atoms with Crippen LogP contribution in [0.4, 0.5) is 0 Å². The number of nitrogens with zero attached hydrogens (tertiary/aromatic N) is 2. The van der Waals surface area contributed by atoms with E-state index in [1.165, 1.54) is 16.9 Å². The molecule has 0 spiro atoms. The number of pyridine rings is 1. The molecule has 0 aliphatic rings. The Labute approximate surface area is 150 Å². The van der Waals surface area contributed by atoms with E-state index >= 15 is 0 Å². The van der Waals surface area contributed by atoms with Crippen LogP contribution in [0.2, 0.25) is 0 Å². The summed E-state index contributed by atoms with van der Waals surface area (Å²) < 4.78 is 5.36. The summed E-state index contributed by atoms with van der Waals surface area (Å²) in [4.78, 5) is 20.9. The van der Waals surface area contributed by atoms with Crippen molar-refractivity contribution >= 4 is 17.2 Å². The maximum atomic E-state index is 12.3. The maximum absolute atomic E-state index is 12.3. The summed E-state index contributed by atoms with van der Waals surface area (Å²) in [7, 11) is 0. The molecule has 5 nitrogen and oxygen atoms in total. The molecule has 0 fully saturated rings. The highest BCUT2D eigenvalue weighted by atomic mass is 32.1. The van der Waals surface area contributed by atoms with Crippen molar-refractivity contribution in [2.24, 2.45) is 0 Å². The molecule has 1 N–H and O–H groups in total. The first kappa shape index (κ1) is 17.1. The molecule has 128 valence electrons. The van der Waals surface area contributed by atoms with Crippen molar-refractivity contribution in [2.45, 2.75) is 20.4 Å². The summed E-state index contributed by atoms with van der Waals surface area (Å²) >= 11 is 1.47. The number of thiazole rings is 1. The van der Waals surface area contributed by atoms with Crippen LogP contribution in [0.1, 0.15) is 28.5 Å². The van der Waals surface area contributed by atoms with Gasteiger partial charge in [-0.2, -0.15) is 0 Å². The van der Waals surface area contributed by atoms with Gasteiger partial charge in [0.1, 0.15) is 10.7 Å². The lowest BCUT2D eigenvalue weighted by atomic mass is 10.2. The lowest BCUT2D eigenvalue weighted by molar-refractivity contribution is 0.0946. The highest BCUT2D eigenvalue weighted by Gasteiger charge is 2.12. The number of carbonyl (C=O) groups excluding carboxylic acids is 1. The standard InChI is InChI=1S/C19H19N3O2S/c1-3-24-17-10-14(8-9-20-17)11-21-18(23)16-12-25-19(22-16)15-6-4-13(2)5-7-15/h4-10,12H,3,11H2,1-2H3,(H,21,23). The molecule has 1 aromatic carbocycles. The number of aryl methyl sites for hydroxylation is 1. The quantitative estimate of drug-likeness (QED) is 0.731. The minimum absolute atomic E-state index is 0.190. The molecule has 2 heterocycles. The topological polar surface area (TPSA) is 64.1 Å². The molecule has 1 amide bonds. The van der Waals surface area contributed by atoms with Crippen LogP contribution in [0.3, 0.4) is 0 Å². The van der Waals surface area contributed by atoms with Gasteiger partial charge in [0.05, 0.1) is 6.61 Å². The number of aromatic nitrogens is 2. The molecule has 0 saturated carbocycles. The van der Waals surface area contributed by atoms with Gasteiger partial charge in [-0.05, 0) is 25.5 Å². The number of rotatable bonds is 6. The first-order chi connectivity index (χ1) is 12.2. The Hall–Kier alpha value is -2.73. The predicted molar refractivity (Wildman–Crippen MR) is 98.9 cm³/mol. The van der Waals surface area contributed by atoms with Gasteiger partial charge in [-0.25, -0.2) is 9.97 Å². The number of nitrogens with one attached hydrogen (secondary N) is 1. The Balaban J connectivity index is 1.64. The van der Waals surface area contributed by atoms with Gasteiger partial charge in [0.2, 0.25) is 5.88 Å². The highest BCUT2D eigenvalue weighted by molar-refractivity contribution is 7.13. The number of ether oxygens (including phenoxy) is 1. The largest absolute Gasteiger partial charge is 0.478 e. The SMILES string of the molecule is CCOc1cc(CNC(=O)c2csc(-c3ccc(C)cc3)n2)ccn1. The van der Waals surface area contributed by atoms with Crippen molar-refractivity contribution in [2.75, 3.05) is 6.61 Å². The van der Waals surface area contributed by atoms with Crippen molar-refractivity contribution in [1.82, 2.24) is 15.3 Å². The van der Waals surface area contributed by atoms with Gasteiger partial charge in [0.25, 0.3) is 5.91 Å². The van der Waals surface area contributed by atoms with Crippen molar-refractivity contribution in [1.29, 1.82) is 0 Å². The minimum atomic E-state index is -0.190. The molecule has 0 atom stereocenters. The van der Waals surface area contributed by atoms with Gasteiger partial charge in [0, 0.05) is 29.8 Å². The monoisotopic (exact) mass is 353 g/mol. The van der Waals surface area contributed by atoms with Gasteiger partial charge in [-0.3, -0.25) is 4.79 Å². The third kappa shape index (κ3) is 4.42. The number of amides is 1. The fourth-order valence-electron chi connectivity index (χ4n) is 2.27. The molecule has 0 radical (unpaired) electrons. The summed E-state index contributed by atoms with van der Waals surface area (Å²) in [6.45, 7) is 4.91. The summed E-state index contributed by atoms with van der Waals surface area (Å²) in [5.41, 5.74) is 3.58. The van der Waals surface area contributed by atoms with Crippen LogP contribution in [0.25, 0.3) is 10.6 Å². The maximum Gasteiger partial charge on any atom is 0.271 e. The van der Waals surface area contributed by atoms with E-state index < -0.39 is 0 Å². The zero-order chi connectivity index (χ0) is 17.6. The summed E-state index contributed by atoms with van der Waals surface area (Å²) in [5.74, 6) is 0.369. The number of hydrogen-bond acceptors (Lipinski definition) is 5. The normalized spacial score (nSPS) is 10.5. The fraction of sp³-hybridized carbons (Fsp3) is 0.211. The highest BCUT2D eigenvalue weighted by Crippen LogP contribution is 2.24. The lowest BCUT2D eigenvalue weighted by Gasteiger charge is -2.06. The van der Waals surface area contributed by atoms with Crippen LogP contribution in [-0.4, -0.2) is 22.5 Å². The molecule has 3 aromatic rings. The van der Waals surface area contributed by atoms with E-state index in [4.69, 9.17) is 4.74 Å². The Kier molecular flexibility index (Phi) is 5.40. The van der Waals surface area contributed by atoms with E-state index in [0.717, 1.165) is 16.1 Å². The van der Waals surface area contributed by atoms with Crippen LogP contribution in [-0.2, 0) is 6.54 Å². The zero-order valence-electron chi connectivity index (χ0n) is 14.2. The van der Waals surface area contributed by atoms with Gasteiger partial charge in [0.15, 0.2) is 0 Å². The Bertz CT molecular complexity index is 859. The molecule has 0 unspecified atom stereocenters. The smallest absolute Gasteiger partial charge is 0.271 e. The zero-order valence-corrected chi connectivity index (χ0v) is 15.0. The van der Waals surface area contributed by atoms with E-state index in [1.54, 1.807) is 11.6 Å². The van der Waals surface area contributed by atoms with Gasteiger partial charge in [-0.1, -0.05) is 29.8 Å². The van der Waals surface area contributed by atoms with Crippen molar-refractivity contribution in [3.05, 3.63) is 64.8 Å². The molecule has 2 aromatic heterocycles. The van der Waals surface area contributed by atoms with Crippen LogP contribution < -0.4 is 10.1 Å². The van der Waals surface area contributed by atoms with E-state index in [0.29, 0.717) is 24.7 Å². The summed E-state index contributed by atoms with van der Waals surface area (Å²) in [6.07, 6.45) is 1.67. The third-order valence-corrected chi connectivity index (χ3v) is 4.47. The summed E-state index contributed by atoms with van der Waals surface area (Å²) in [6, 6.07) is 11.8. The van der Waals surface area contributed by atoms with Crippen molar-refractivity contribution in [3.63, 3.8) is 0 Å².